The molecule has 2 aromatic heterocycles. The van der Waals surface area contributed by atoms with E-state index < -0.39 is 0 Å². The van der Waals surface area contributed by atoms with Crippen molar-refractivity contribution in [2.45, 2.75) is 57.9 Å². The lowest BCUT2D eigenvalue weighted by atomic mass is 9.99. The van der Waals surface area contributed by atoms with Gasteiger partial charge < -0.3 is 19.4 Å². The minimum Gasteiger partial charge on any atom is -0.352 e. The summed E-state index contributed by atoms with van der Waals surface area (Å²) in [5.41, 5.74) is 2.27. The molecule has 1 aliphatic heterocycles. The van der Waals surface area contributed by atoms with E-state index in [9.17, 15) is 9.59 Å². The van der Waals surface area contributed by atoms with Crippen LogP contribution >= 0.6 is 0 Å². The first-order valence-electron chi connectivity index (χ1n) is 12.7. The Balaban J connectivity index is 1.43. The predicted molar refractivity (Wildman–Crippen MR) is 134 cm³/mol. The number of piperidine rings is 1. The molecule has 1 aliphatic carbocycles. The molecule has 0 radical (unpaired) electrons. The number of para-hydroxylation sites is 1. The van der Waals surface area contributed by atoms with Crippen molar-refractivity contribution in [3.05, 3.63) is 46.4 Å². The first-order chi connectivity index (χ1) is 16.0. The van der Waals surface area contributed by atoms with Crippen molar-refractivity contribution >= 4 is 27.7 Å². The summed E-state index contributed by atoms with van der Waals surface area (Å²) < 4.78 is 3.81. The third-order valence-electron chi connectivity index (χ3n) is 7.86. The first-order valence-corrected chi connectivity index (χ1v) is 12.7. The van der Waals surface area contributed by atoms with Gasteiger partial charge >= 0.3 is 0 Å². The minimum atomic E-state index is -0.0737. The van der Waals surface area contributed by atoms with E-state index >= 15 is 0 Å². The van der Waals surface area contributed by atoms with E-state index in [0.29, 0.717) is 17.6 Å². The number of carbonyl (C=O) groups is 1. The van der Waals surface area contributed by atoms with Crippen LogP contribution in [0.4, 0.5) is 0 Å². The fourth-order valence-corrected chi connectivity index (χ4v) is 5.81. The Kier molecular flexibility index (Phi) is 6.28. The van der Waals surface area contributed by atoms with Crippen LogP contribution in [-0.2, 0) is 7.05 Å². The molecule has 176 valence electrons. The molecule has 3 aromatic rings. The van der Waals surface area contributed by atoms with Gasteiger partial charge in [0.2, 0.25) is 0 Å². The summed E-state index contributed by atoms with van der Waals surface area (Å²) >= 11 is 0. The van der Waals surface area contributed by atoms with Crippen molar-refractivity contribution in [2.75, 3.05) is 26.2 Å². The predicted octanol–water partition coefficient (Wildman–Crippen LogP) is 4.46. The van der Waals surface area contributed by atoms with Crippen molar-refractivity contribution in [1.29, 1.82) is 0 Å². The number of nitrogens with zero attached hydrogens (tertiary/aromatic N) is 3. The van der Waals surface area contributed by atoms with Gasteiger partial charge in [-0.1, -0.05) is 38.0 Å². The van der Waals surface area contributed by atoms with Crippen molar-refractivity contribution in [1.82, 2.24) is 19.4 Å². The highest BCUT2D eigenvalue weighted by Crippen LogP contribution is 2.33. The molecule has 0 atom stereocenters. The number of nitrogens with one attached hydrogen (secondary N) is 1. The number of amides is 1. The lowest BCUT2D eigenvalue weighted by molar-refractivity contribution is 0.0951. The number of benzene rings is 1. The summed E-state index contributed by atoms with van der Waals surface area (Å²) in [5.74, 6) is 0.759. The molecule has 33 heavy (non-hydrogen) atoms. The number of aryl methyl sites for hydroxylation is 1. The Morgan fingerprint density at radius 3 is 2.58 bits per heavy atom. The van der Waals surface area contributed by atoms with Gasteiger partial charge in [0, 0.05) is 42.1 Å². The standard InChI is InChI=1S/C27H36N4O2/c1-19-12-16-30(17-13-19)15-7-14-28-26(32)22-18-31(20-8-3-4-9-20)27(33)25-24(22)21-10-5-6-11-23(21)29(25)2/h5-6,10-11,18-20H,3-4,7-9,12-17H2,1-2H3,(H,28,32). The third kappa shape index (κ3) is 4.21. The highest BCUT2D eigenvalue weighted by Gasteiger charge is 2.25. The lowest BCUT2D eigenvalue weighted by Crippen LogP contribution is -2.35. The second-order valence-electron chi connectivity index (χ2n) is 10.1. The fraction of sp³-hybridized carbons (Fsp3) is 0.556. The zero-order valence-electron chi connectivity index (χ0n) is 20.0. The monoisotopic (exact) mass is 448 g/mol. The van der Waals surface area contributed by atoms with Crippen LogP contribution < -0.4 is 10.9 Å². The maximum atomic E-state index is 13.5. The number of fused-ring (bicyclic) bond motifs is 3. The largest absolute Gasteiger partial charge is 0.352 e. The van der Waals surface area contributed by atoms with Crippen LogP contribution in [0.2, 0.25) is 0 Å². The SMILES string of the molecule is CC1CCN(CCCNC(=O)c2cn(C3CCCC3)c(=O)c3c2c2ccccc2n3C)CC1. The van der Waals surface area contributed by atoms with Gasteiger partial charge in [0.25, 0.3) is 11.5 Å². The average Bonchev–Trinajstić information content (AvgIpc) is 3.46. The number of rotatable bonds is 6. The molecule has 5 rings (SSSR count). The van der Waals surface area contributed by atoms with Gasteiger partial charge in [-0.2, -0.15) is 0 Å². The fourth-order valence-electron chi connectivity index (χ4n) is 5.81. The van der Waals surface area contributed by atoms with Crippen LogP contribution in [0.5, 0.6) is 0 Å². The average molecular weight is 449 g/mol. The Bertz CT molecular complexity index is 1210. The number of aromatic nitrogens is 2. The van der Waals surface area contributed by atoms with Gasteiger partial charge in [0.1, 0.15) is 5.52 Å². The van der Waals surface area contributed by atoms with Gasteiger partial charge in [0.05, 0.1) is 5.56 Å². The molecule has 0 unspecified atom stereocenters. The lowest BCUT2D eigenvalue weighted by Gasteiger charge is -2.30. The molecule has 1 aromatic carbocycles. The molecule has 1 saturated carbocycles. The number of pyridine rings is 1. The van der Waals surface area contributed by atoms with Gasteiger partial charge in [-0.05, 0) is 63.7 Å². The molecule has 1 amide bonds. The maximum Gasteiger partial charge on any atom is 0.275 e. The van der Waals surface area contributed by atoms with Crippen LogP contribution in [0, 0.1) is 5.92 Å². The van der Waals surface area contributed by atoms with Crippen LogP contribution in [0.1, 0.15) is 68.3 Å². The summed E-state index contributed by atoms with van der Waals surface area (Å²) in [4.78, 5) is 29.5. The molecule has 1 N–H and O–H groups in total. The number of hydrogen-bond acceptors (Lipinski definition) is 3. The van der Waals surface area contributed by atoms with E-state index in [1.807, 2.05) is 46.6 Å². The zero-order valence-corrected chi connectivity index (χ0v) is 20.0. The molecule has 6 heteroatoms. The highest BCUT2D eigenvalue weighted by molar-refractivity contribution is 6.17. The van der Waals surface area contributed by atoms with E-state index in [1.54, 1.807) is 0 Å². The van der Waals surface area contributed by atoms with Crippen LogP contribution in [0.3, 0.4) is 0 Å². The summed E-state index contributed by atoms with van der Waals surface area (Å²) in [5, 5.41) is 4.92. The van der Waals surface area contributed by atoms with Crippen molar-refractivity contribution < 1.29 is 4.79 Å². The van der Waals surface area contributed by atoms with Crippen LogP contribution in [0.15, 0.2) is 35.3 Å². The smallest absolute Gasteiger partial charge is 0.275 e. The molecule has 6 nitrogen and oxygen atoms in total. The van der Waals surface area contributed by atoms with Gasteiger partial charge in [-0.25, -0.2) is 0 Å². The number of likely N-dealkylation sites (tertiary alicyclic amines) is 1. The van der Waals surface area contributed by atoms with Crippen molar-refractivity contribution in [2.24, 2.45) is 13.0 Å². The summed E-state index contributed by atoms with van der Waals surface area (Å²) in [6.45, 7) is 6.34. The molecule has 0 bridgehead atoms. The van der Waals surface area contributed by atoms with Crippen molar-refractivity contribution in [3.63, 3.8) is 0 Å². The molecular weight excluding hydrogens is 412 g/mol. The molecular formula is C27H36N4O2. The van der Waals surface area contributed by atoms with Gasteiger partial charge in [-0.3, -0.25) is 9.59 Å². The maximum absolute atomic E-state index is 13.5. The Morgan fingerprint density at radius 1 is 1.09 bits per heavy atom. The van der Waals surface area contributed by atoms with Crippen LogP contribution in [0.25, 0.3) is 21.8 Å². The topological polar surface area (TPSA) is 59.3 Å². The Hall–Kier alpha value is -2.60. The Labute approximate surface area is 195 Å². The molecule has 1 saturated heterocycles. The van der Waals surface area contributed by atoms with E-state index in [2.05, 4.69) is 17.1 Å². The van der Waals surface area contributed by atoms with Crippen molar-refractivity contribution in [3.8, 4) is 0 Å². The summed E-state index contributed by atoms with van der Waals surface area (Å²) in [7, 11) is 1.94. The number of hydrogen-bond donors (Lipinski definition) is 1. The van der Waals surface area contributed by atoms with E-state index in [0.717, 1.165) is 73.9 Å². The molecule has 3 heterocycles. The van der Waals surface area contributed by atoms with E-state index in [4.69, 9.17) is 0 Å². The van der Waals surface area contributed by atoms with E-state index in [1.165, 1.54) is 12.8 Å². The second-order valence-corrected chi connectivity index (χ2v) is 10.1. The van der Waals surface area contributed by atoms with Crippen LogP contribution in [-0.4, -0.2) is 46.1 Å². The third-order valence-corrected chi connectivity index (χ3v) is 7.86. The van der Waals surface area contributed by atoms with E-state index in [-0.39, 0.29) is 17.5 Å². The normalized spacial score (nSPS) is 18.5. The second kappa shape index (κ2) is 9.34. The minimum absolute atomic E-state index is 0.0199. The van der Waals surface area contributed by atoms with Gasteiger partial charge in [-0.15, -0.1) is 0 Å². The molecule has 0 spiro atoms. The molecule has 2 fully saturated rings. The summed E-state index contributed by atoms with van der Waals surface area (Å²) in [6.07, 6.45) is 9.62. The summed E-state index contributed by atoms with van der Waals surface area (Å²) in [6, 6.07) is 8.19. The zero-order chi connectivity index (χ0) is 22.9. The Morgan fingerprint density at radius 2 is 1.82 bits per heavy atom. The quantitative estimate of drug-likeness (QED) is 0.567. The molecule has 2 aliphatic rings. The number of carbonyl (C=O) groups excluding carboxylic acids is 1. The first kappa shape index (κ1) is 22.2. The highest BCUT2D eigenvalue weighted by atomic mass is 16.2. The van der Waals surface area contributed by atoms with Gasteiger partial charge in [0.15, 0.2) is 0 Å².